The number of aryl methyl sites for hydroxylation is 1. The predicted molar refractivity (Wildman–Crippen MR) is 82.2 cm³/mol. The summed E-state index contributed by atoms with van der Waals surface area (Å²) >= 11 is 3.42. The first kappa shape index (κ1) is 14.5. The Morgan fingerprint density at radius 1 is 1.35 bits per heavy atom. The number of piperidine rings is 1. The van der Waals surface area contributed by atoms with Crippen LogP contribution in [-0.2, 0) is 10.0 Å². The molecule has 20 heavy (non-hydrogen) atoms. The van der Waals surface area contributed by atoms with Gasteiger partial charge in [0, 0.05) is 23.6 Å². The van der Waals surface area contributed by atoms with Crippen molar-refractivity contribution in [1.82, 2.24) is 9.62 Å². The Labute approximate surface area is 128 Å². The van der Waals surface area contributed by atoms with Gasteiger partial charge in [0.15, 0.2) is 0 Å². The number of halogens is 1. The van der Waals surface area contributed by atoms with Crippen LogP contribution in [0.5, 0.6) is 0 Å². The maximum absolute atomic E-state index is 12.9. The average molecular weight is 359 g/mol. The third-order valence-corrected chi connectivity index (χ3v) is 7.17. The Balaban J connectivity index is 1.96. The largest absolute Gasteiger partial charge is 0.315 e. The number of rotatable bonds is 2. The molecule has 1 N–H and O–H groups in total. The van der Waals surface area contributed by atoms with Crippen LogP contribution in [-0.4, -0.2) is 38.4 Å². The van der Waals surface area contributed by atoms with Crippen molar-refractivity contribution in [2.45, 2.75) is 30.7 Å². The van der Waals surface area contributed by atoms with Crippen molar-refractivity contribution >= 4 is 26.0 Å². The number of hydrogen-bond acceptors (Lipinski definition) is 3. The molecule has 0 saturated carbocycles. The van der Waals surface area contributed by atoms with E-state index in [0.29, 0.717) is 17.4 Å². The molecule has 1 aromatic rings. The molecule has 2 heterocycles. The zero-order valence-corrected chi connectivity index (χ0v) is 13.9. The number of sulfonamides is 1. The van der Waals surface area contributed by atoms with Gasteiger partial charge in [-0.15, -0.1) is 0 Å². The molecule has 2 fully saturated rings. The van der Waals surface area contributed by atoms with Gasteiger partial charge in [0.05, 0.1) is 4.90 Å². The zero-order valence-electron chi connectivity index (χ0n) is 11.5. The first-order valence-corrected chi connectivity index (χ1v) is 9.22. The second-order valence-electron chi connectivity index (χ2n) is 5.65. The molecule has 0 amide bonds. The van der Waals surface area contributed by atoms with Gasteiger partial charge < -0.3 is 5.32 Å². The van der Waals surface area contributed by atoms with Crippen LogP contribution in [0.15, 0.2) is 27.6 Å². The average Bonchev–Trinajstić information content (AvgIpc) is 2.89. The first-order chi connectivity index (χ1) is 9.50. The van der Waals surface area contributed by atoms with E-state index >= 15 is 0 Å². The lowest BCUT2D eigenvalue weighted by molar-refractivity contribution is 0.217. The van der Waals surface area contributed by atoms with Crippen molar-refractivity contribution in [3.05, 3.63) is 28.2 Å². The lowest BCUT2D eigenvalue weighted by Crippen LogP contribution is -2.48. The summed E-state index contributed by atoms with van der Waals surface area (Å²) in [7, 11) is -3.38. The minimum atomic E-state index is -3.38. The number of nitrogens with one attached hydrogen (secondary N) is 1. The van der Waals surface area contributed by atoms with Crippen molar-refractivity contribution in [2.24, 2.45) is 5.92 Å². The summed E-state index contributed by atoms with van der Waals surface area (Å²) in [6, 6.07) is 5.39. The van der Waals surface area contributed by atoms with Crippen LogP contribution in [0.3, 0.4) is 0 Å². The monoisotopic (exact) mass is 358 g/mol. The molecule has 1 aromatic carbocycles. The molecule has 2 unspecified atom stereocenters. The fourth-order valence-electron chi connectivity index (χ4n) is 3.24. The van der Waals surface area contributed by atoms with Gasteiger partial charge in [-0.1, -0.05) is 15.9 Å². The van der Waals surface area contributed by atoms with E-state index in [1.54, 1.807) is 16.4 Å². The third-order valence-electron chi connectivity index (χ3n) is 4.36. The highest BCUT2D eigenvalue weighted by Gasteiger charge is 2.41. The van der Waals surface area contributed by atoms with Gasteiger partial charge >= 0.3 is 0 Å². The summed E-state index contributed by atoms with van der Waals surface area (Å²) in [5.41, 5.74) is 0.948. The lowest BCUT2D eigenvalue weighted by atomic mass is 9.94. The summed E-state index contributed by atoms with van der Waals surface area (Å²) in [6.45, 7) is 4.27. The Morgan fingerprint density at radius 2 is 2.15 bits per heavy atom. The zero-order chi connectivity index (χ0) is 14.3. The van der Waals surface area contributed by atoms with E-state index in [1.807, 2.05) is 13.0 Å². The van der Waals surface area contributed by atoms with Crippen LogP contribution in [0.1, 0.15) is 18.4 Å². The summed E-state index contributed by atoms with van der Waals surface area (Å²) in [4.78, 5) is 0.408. The van der Waals surface area contributed by atoms with E-state index in [2.05, 4.69) is 21.2 Å². The van der Waals surface area contributed by atoms with Gasteiger partial charge in [0.2, 0.25) is 10.0 Å². The predicted octanol–water partition coefficient (Wildman–Crippen LogP) is 2.13. The van der Waals surface area contributed by atoms with Gasteiger partial charge in [-0.3, -0.25) is 0 Å². The molecule has 2 aliphatic rings. The van der Waals surface area contributed by atoms with E-state index in [-0.39, 0.29) is 6.04 Å². The third kappa shape index (κ3) is 2.43. The van der Waals surface area contributed by atoms with E-state index < -0.39 is 10.0 Å². The van der Waals surface area contributed by atoms with E-state index in [4.69, 9.17) is 0 Å². The van der Waals surface area contributed by atoms with E-state index in [1.165, 1.54) is 0 Å². The van der Waals surface area contributed by atoms with Crippen molar-refractivity contribution in [1.29, 1.82) is 0 Å². The number of hydrogen-bond donors (Lipinski definition) is 1. The van der Waals surface area contributed by atoms with Crippen molar-refractivity contribution in [3.63, 3.8) is 0 Å². The SMILES string of the molecule is Cc1cc(S(=O)(=O)N2CCCC3CNCC32)ccc1Br. The van der Waals surface area contributed by atoms with Crippen molar-refractivity contribution in [3.8, 4) is 0 Å². The molecule has 2 saturated heterocycles. The minimum absolute atomic E-state index is 0.123. The second kappa shape index (κ2) is 5.40. The molecular weight excluding hydrogens is 340 g/mol. The van der Waals surface area contributed by atoms with Crippen LogP contribution in [0.25, 0.3) is 0 Å². The van der Waals surface area contributed by atoms with Crippen LogP contribution < -0.4 is 5.32 Å². The summed E-state index contributed by atoms with van der Waals surface area (Å²) in [6.07, 6.45) is 2.08. The molecule has 0 aliphatic carbocycles. The smallest absolute Gasteiger partial charge is 0.243 e. The topological polar surface area (TPSA) is 49.4 Å². The van der Waals surface area contributed by atoms with Gasteiger partial charge in [0.25, 0.3) is 0 Å². The Hall–Kier alpha value is -0.430. The summed E-state index contributed by atoms with van der Waals surface area (Å²) in [5, 5.41) is 3.32. The maximum Gasteiger partial charge on any atom is 0.243 e. The molecule has 110 valence electrons. The Kier molecular flexibility index (Phi) is 3.92. The van der Waals surface area contributed by atoms with Crippen LogP contribution in [0, 0.1) is 12.8 Å². The highest BCUT2D eigenvalue weighted by atomic mass is 79.9. The molecule has 0 spiro atoms. The van der Waals surface area contributed by atoms with Gasteiger partial charge in [-0.05, 0) is 56.0 Å². The van der Waals surface area contributed by atoms with Gasteiger partial charge in [-0.2, -0.15) is 4.31 Å². The standard InChI is InChI=1S/C14H19BrN2O2S/c1-10-7-12(4-5-13(10)15)20(18,19)17-6-2-3-11-8-16-9-14(11)17/h4-5,7,11,14,16H,2-3,6,8-9H2,1H3. The lowest BCUT2D eigenvalue weighted by Gasteiger charge is -2.36. The molecule has 6 heteroatoms. The van der Waals surface area contributed by atoms with Crippen LogP contribution in [0.4, 0.5) is 0 Å². The molecule has 0 radical (unpaired) electrons. The summed E-state index contributed by atoms with van der Waals surface area (Å²) < 4.78 is 28.4. The molecule has 4 nitrogen and oxygen atoms in total. The quantitative estimate of drug-likeness (QED) is 0.880. The number of benzene rings is 1. The van der Waals surface area contributed by atoms with Crippen LogP contribution >= 0.6 is 15.9 Å². The van der Waals surface area contributed by atoms with E-state index in [0.717, 1.165) is 36.0 Å². The second-order valence-corrected chi connectivity index (χ2v) is 8.40. The Morgan fingerprint density at radius 3 is 2.90 bits per heavy atom. The summed E-state index contributed by atoms with van der Waals surface area (Å²) in [5.74, 6) is 0.468. The fraction of sp³-hybridized carbons (Fsp3) is 0.571. The van der Waals surface area contributed by atoms with Crippen molar-refractivity contribution in [2.75, 3.05) is 19.6 Å². The fourth-order valence-corrected chi connectivity index (χ4v) is 5.29. The Bertz CT molecular complexity index is 618. The number of fused-ring (bicyclic) bond motifs is 1. The normalized spacial score (nSPS) is 27.5. The van der Waals surface area contributed by atoms with Gasteiger partial charge in [0.1, 0.15) is 0 Å². The maximum atomic E-state index is 12.9. The highest BCUT2D eigenvalue weighted by Crippen LogP contribution is 2.32. The van der Waals surface area contributed by atoms with Crippen molar-refractivity contribution < 1.29 is 8.42 Å². The molecule has 0 aromatic heterocycles. The van der Waals surface area contributed by atoms with E-state index in [9.17, 15) is 8.42 Å². The molecular formula is C14H19BrN2O2S. The molecule has 2 aliphatic heterocycles. The highest BCUT2D eigenvalue weighted by molar-refractivity contribution is 9.10. The van der Waals surface area contributed by atoms with Crippen LogP contribution in [0.2, 0.25) is 0 Å². The van der Waals surface area contributed by atoms with Gasteiger partial charge in [-0.25, -0.2) is 8.42 Å². The first-order valence-electron chi connectivity index (χ1n) is 6.99. The molecule has 0 bridgehead atoms. The molecule has 3 rings (SSSR count). The minimum Gasteiger partial charge on any atom is -0.315 e. The number of nitrogens with zero attached hydrogens (tertiary/aromatic N) is 1. The molecule has 2 atom stereocenters.